The maximum Gasteiger partial charge on any atom is 0.123 e. The Morgan fingerprint density at radius 3 is 2.36 bits per heavy atom. The lowest BCUT2D eigenvalue weighted by molar-refractivity contribution is 0.244. The van der Waals surface area contributed by atoms with Crippen LogP contribution in [0, 0.1) is 0 Å². The number of fused-ring (bicyclic) bond motifs is 1. The van der Waals surface area contributed by atoms with Crippen molar-refractivity contribution in [2.24, 2.45) is 0 Å². The van der Waals surface area contributed by atoms with Crippen molar-refractivity contribution in [3.05, 3.63) is 102 Å². The molecule has 2 aromatic heterocycles. The number of benzene rings is 2. The van der Waals surface area contributed by atoms with Crippen LogP contribution in [0.25, 0.3) is 10.8 Å². The van der Waals surface area contributed by atoms with Crippen LogP contribution in [0.15, 0.2) is 85.5 Å². The van der Waals surface area contributed by atoms with E-state index in [9.17, 15) is 0 Å². The molecule has 28 heavy (non-hydrogen) atoms. The predicted octanol–water partition coefficient (Wildman–Crippen LogP) is 4.84. The van der Waals surface area contributed by atoms with Crippen LogP contribution >= 0.6 is 0 Å². The van der Waals surface area contributed by atoms with Crippen LogP contribution < -0.4 is 4.74 Å². The molecule has 0 spiro atoms. The molecule has 4 nitrogen and oxygen atoms in total. The molecule has 0 saturated carbocycles. The summed E-state index contributed by atoms with van der Waals surface area (Å²) < 4.78 is 5.71. The van der Waals surface area contributed by atoms with E-state index < -0.39 is 0 Å². The van der Waals surface area contributed by atoms with E-state index in [0.29, 0.717) is 0 Å². The Balaban J connectivity index is 1.70. The lowest BCUT2D eigenvalue weighted by atomic mass is 10.0. The van der Waals surface area contributed by atoms with Gasteiger partial charge in [-0.3, -0.25) is 14.9 Å². The Morgan fingerprint density at radius 2 is 1.57 bits per heavy atom. The van der Waals surface area contributed by atoms with E-state index in [1.165, 1.54) is 27.5 Å². The van der Waals surface area contributed by atoms with E-state index in [1.54, 1.807) is 7.11 Å². The van der Waals surface area contributed by atoms with E-state index in [2.05, 4.69) is 69.5 Å². The molecule has 4 heteroatoms. The summed E-state index contributed by atoms with van der Waals surface area (Å²) in [5.41, 5.74) is 3.63. The number of hydrogen-bond donors (Lipinski definition) is 0. The molecule has 4 aromatic rings. The first-order valence-electron chi connectivity index (χ1n) is 9.38. The summed E-state index contributed by atoms with van der Waals surface area (Å²) in [6, 6.07) is 20.9. The largest absolute Gasteiger partial charge is 0.496 e. The maximum atomic E-state index is 5.71. The molecule has 4 rings (SSSR count). The van der Waals surface area contributed by atoms with Crippen molar-refractivity contribution in [2.75, 3.05) is 7.11 Å². The van der Waals surface area contributed by atoms with Crippen LogP contribution in [-0.4, -0.2) is 22.0 Å². The summed E-state index contributed by atoms with van der Waals surface area (Å²) in [5.74, 6) is 0.921. The Bertz CT molecular complexity index is 994. The number of nitrogens with zero attached hydrogens (tertiary/aromatic N) is 3. The highest BCUT2D eigenvalue weighted by atomic mass is 16.5. The highest BCUT2D eigenvalue weighted by Gasteiger charge is 2.14. The molecule has 0 N–H and O–H groups in total. The minimum Gasteiger partial charge on any atom is -0.496 e. The summed E-state index contributed by atoms with van der Waals surface area (Å²) >= 11 is 0. The molecule has 0 saturated heterocycles. The summed E-state index contributed by atoms with van der Waals surface area (Å²) in [7, 11) is 1.74. The molecule has 0 aliphatic heterocycles. The minimum atomic E-state index is 0.780. The third-order valence-electron chi connectivity index (χ3n) is 4.88. The molecule has 0 aliphatic carbocycles. The van der Waals surface area contributed by atoms with Gasteiger partial charge >= 0.3 is 0 Å². The van der Waals surface area contributed by atoms with Crippen molar-refractivity contribution in [2.45, 2.75) is 19.6 Å². The van der Waals surface area contributed by atoms with Gasteiger partial charge in [0.1, 0.15) is 5.75 Å². The van der Waals surface area contributed by atoms with Crippen LogP contribution in [0.5, 0.6) is 5.75 Å². The molecule has 0 unspecified atom stereocenters. The normalized spacial score (nSPS) is 11.1. The van der Waals surface area contributed by atoms with Gasteiger partial charge in [-0.25, -0.2) is 0 Å². The first-order valence-corrected chi connectivity index (χ1v) is 9.38. The molecule has 0 radical (unpaired) electrons. The molecular formula is C24H23N3O. The summed E-state index contributed by atoms with van der Waals surface area (Å²) in [6.07, 6.45) is 7.43. The Kier molecular flexibility index (Phi) is 5.59. The second kappa shape index (κ2) is 8.63. The number of ether oxygens (including phenoxy) is 1. The van der Waals surface area contributed by atoms with Crippen molar-refractivity contribution in [1.29, 1.82) is 0 Å². The summed E-state index contributed by atoms with van der Waals surface area (Å²) in [6.45, 7) is 2.41. The SMILES string of the molecule is COc1ccc2ccccc2c1CN(Cc1ccncc1)Cc1cccnc1. The first kappa shape index (κ1) is 18.1. The molecule has 0 aliphatic rings. The Hall–Kier alpha value is -3.24. The number of rotatable bonds is 7. The number of pyridine rings is 2. The van der Waals surface area contributed by atoms with Gasteiger partial charge < -0.3 is 4.74 Å². The third-order valence-corrected chi connectivity index (χ3v) is 4.88. The predicted molar refractivity (Wildman–Crippen MR) is 112 cm³/mol. The molecule has 0 bridgehead atoms. The minimum absolute atomic E-state index is 0.780. The molecular weight excluding hydrogens is 346 g/mol. The van der Waals surface area contributed by atoms with Gasteiger partial charge in [-0.2, -0.15) is 0 Å². The zero-order valence-corrected chi connectivity index (χ0v) is 16.0. The van der Waals surface area contributed by atoms with Gasteiger partial charge in [-0.15, -0.1) is 0 Å². The average Bonchev–Trinajstić information content (AvgIpc) is 2.75. The number of aromatic nitrogens is 2. The second-order valence-corrected chi connectivity index (χ2v) is 6.83. The highest BCUT2D eigenvalue weighted by molar-refractivity contribution is 5.87. The van der Waals surface area contributed by atoms with Crippen LogP contribution in [-0.2, 0) is 19.6 Å². The summed E-state index contributed by atoms with van der Waals surface area (Å²) in [4.78, 5) is 10.8. The lowest BCUT2D eigenvalue weighted by Crippen LogP contribution is -2.23. The molecule has 140 valence electrons. The standard InChI is InChI=1S/C24H23N3O/c1-28-24-9-8-21-6-2-3-7-22(21)23(24)18-27(16-19-10-13-25-14-11-19)17-20-5-4-12-26-15-20/h2-15H,16-18H2,1H3. The highest BCUT2D eigenvalue weighted by Crippen LogP contribution is 2.30. The topological polar surface area (TPSA) is 38.2 Å². The van der Waals surface area contributed by atoms with E-state index in [0.717, 1.165) is 25.4 Å². The first-order chi connectivity index (χ1) is 13.8. The monoisotopic (exact) mass is 369 g/mol. The van der Waals surface area contributed by atoms with Gasteiger partial charge in [-0.05, 0) is 46.2 Å². The fourth-order valence-corrected chi connectivity index (χ4v) is 3.56. The number of methoxy groups -OCH3 is 1. The van der Waals surface area contributed by atoms with Gasteiger partial charge in [0, 0.05) is 50.0 Å². The van der Waals surface area contributed by atoms with Crippen molar-refractivity contribution in [3.63, 3.8) is 0 Å². The van der Waals surface area contributed by atoms with E-state index in [-0.39, 0.29) is 0 Å². The van der Waals surface area contributed by atoms with Crippen LogP contribution in [0.2, 0.25) is 0 Å². The third kappa shape index (κ3) is 4.18. The molecule has 0 amide bonds. The van der Waals surface area contributed by atoms with Crippen molar-refractivity contribution >= 4 is 10.8 Å². The lowest BCUT2D eigenvalue weighted by Gasteiger charge is -2.24. The zero-order valence-electron chi connectivity index (χ0n) is 16.0. The Morgan fingerprint density at radius 1 is 0.750 bits per heavy atom. The van der Waals surface area contributed by atoms with Crippen molar-refractivity contribution < 1.29 is 4.74 Å². The summed E-state index contributed by atoms with van der Waals surface area (Å²) in [5, 5.41) is 2.45. The maximum absolute atomic E-state index is 5.71. The second-order valence-electron chi connectivity index (χ2n) is 6.83. The molecule has 2 heterocycles. The van der Waals surface area contributed by atoms with Crippen molar-refractivity contribution in [1.82, 2.24) is 14.9 Å². The number of hydrogen-bond acceptors (Lipinski definition) is 4. The van der Waals surface area contributed by atoms with Crippen LogP contribution in [0.3, 0.4) is 0 Å². The average molecular weight is 369 g/mol. The smallest absolute Gasteiger partial charge is 0.123 e. The molecule has 2 aromatic carbocycles. The Labute approximate surface area is 165 Å². The zero-order chi connectivity index (χ0) is 19.2. The van der Waals surface area contributed by atoms with Gasteiger partial charge in [0.25, 0.3) is 0 Å². The van der Waals surface area contributed by atoms with E-state index in [1.807, 2.05) is 30.9 Å². The van der Waals surface area contributed by atoms with Crippen LogP contribution in [0.4, 0.5) is 0 Å². The molecule has 0 fully saturated rings. The van der Waals surface area contributed by atoms with E-state index >= 15 is 0 Å². The van der Waals surface area contributed by atoms with Gasteiger partial charge in [0.05, 0.1) is 7.11 Å². The van der Waals surface area contributed by atoms with Gasteiger partial charge in [0.15, 0.2) is 0 Å². The van der Waals surface area contributed by atoms with Crippen molar-refractivity contribution in [3.8, 4) is 5.75 Å². The quantitative estimate of drug-likeness (QED) is 0.467. The fourth-order valence-electron chi connectivity index (χ4n) is 3.56. The van der Waals surface area contributed by atoms with E-state index in [4.69, 9.17) is 4.74 Å². The fraction of sp³-hybridized carbons (Fsp3) is 0.167. The van der Waals surface area contributed by atoms with Crippen LogP contribution in [0.1, 0.15) is 16.7 Å². The molecule has 0 atom stereocenters. The van der Waals surface area contributed by atoms with Gasteiger partial charge in [-0.1, -0.05) is 36.4 Å². The van der Waals surface area contributed by atoms with Gasteiger partial charge in [0.2, 0.25) is 0 Å².